The number of carbonyl (C=O) groups excluding carboxylic acids is 1. The number of aryl methyl sites for hydroxylation is 1. The van der Waals surface area contributed by atoms with Crippen LogP contribution in [0.15, 0.2) is 24.3 Å². The van der Waals surface area contributed by atoms with Crippen molar-refractivity contribution in [2.75, 3.05) is 0 Å². The van der Waals surface area contributed by atoms with Crippen LogP contribution >= 0.6 is 0 Å². The van der Waals surface area contributed by atoms with Crippen LogP contribution in [0.2, 0.25) is 0 Å². The summed E-state index contributed by atoms with van der Waals surface area (Å²) in [5, 5.41) is 2.98. The Morgan fingerprint density at radius 3 is 2.89 bits per heavy atom. The zero-order valence-electron chi connectivity index (χ0n) is 11.4. The highest BCUT2D eigenvalue weighted by Gasteiger charge is 2.57. The SMILES string of the molecule is C#CC(C)(C)NC(=O)C1C2CCc3ccccc3C21. The highest BCUT2D eigenvalue weighted by Crippen LogP contribution is 2.59. The van der Waals surface area contributed by atoms with Gasteiger partial charge in [0.25, 0.3) is 0 Å². The second kappa shape index (κ2) is 4.13. The second-order valence-electron chi connectivity index (χ2n) is 6.21. The molecule has 2 heteroatoms. The first-order valence-electron chi connectivity index (χ1n) is 6.91. The standard InChI is InChI=1S/C17H19NO/c1-4-17(2,3)18-16(19)15-13-10-9-11-7-5-6-8-12(11)14(13)15/h1,5-8,13-15H,9-10H2,2-3H3,(H,18,19). The van der Waals surface area contributed by atoms with E-state index >= 15 is 0 Å². The van der Waals surface area contributed by atoms with Gasteiger partial charge in [-0.3, -0.25) is 4.79 Å². The molecule has 1 N–H and O–H groups in total. The number of fused-ring (bicyclic) bond motifs is 3. The maximum atomic E-state index is 12.3. The van der Waals surface area contributed by atoms with Crippen LogP contribution in [0.4, 0.5) is 0 Å². The Kier molecular flexibility index (Phi) is 2.67. The second-order valence-corrected chi connectivity index (χ2v) is 6.21. The van der Waals surface area contributed by atoms with Crippen molar-refractivity contribution in [3.8, 4) is 12.3 Å². The summed E-state index contributed by atoms with van der Waals surface area (Å²) >= 11 is 0. The van der Waals surface area contributed by atoms with Gasteiger partial charge in [0.1, 0.15) is 0 Å². The molecule has 3 rings (SSSR count). The first kappa shape index (κ1) is 12.3. The summed E-state index contributed by atoms with van der Waals surface area (Å²) in [6, 6.07) is 8.51. The maximum Gasteiger partial charge on any atom is 0.225 e. The quantitative estimate of drug-likeness (QED) is 0.806. The lowest BCUT2D eigenvalue weighted by atomic mass is 9.92. The van der Waals surface area contributed by atoms with Gasteiger partial charge in [0.2, 0.25) is 5.91 Å². The summed E-state index contributed by atoms with van der Waals surface area (Å²) in [5.41, 5.74) is 2.23. The molecule has 1 aromatic carbocycles. The molecule has 0 aliphatic heterocycles. The number of rotatable bonds is 2. The number of amides is 1. The first-order chi connectivity index (χ1) is 9.03. The topological polar surface area (TPSA) is 29.1 Å². The molecule has 0 radical (unpaired) electrons. The van der Waals surface area contributed by atoms with Crippen LogP contribution < -0.4 is 5.32 Å². The minimum absolute atomic E-state index is 0.120. The van der Waals surface area contributed by atoms with E-state index in [4.69, 9.17) is 6.42 Å². The summed E-state index contributed by atoms with van der Waals surface area (Å²) in [5.74, 6) is 3.80. The van der Waals surface area contributed by atoms with Crippen LogP contribution in [-0.4, -0.2) is 11.4 Å². The average Bonchev–Trinajstić information content (AvgIpc) is 3.13. The van der Waals surface area contributed by atoms with Crippen molar-refractivity contribution in [1.29, 1.82) is 0 Å². The number of carbonyl (C=O) groups is 1. The van der Waals surface area contributed by atoms with Crippen LogP contribution in [0.1, 0.15) is 37.3 Å². The smallest absolute Gasteiger partial charge is 0.225 e. The van der Waals surface area contributed by atoms with Crippen LogP contribution in [0.5, 0.6) is 0 Å². The fourth-order valence-electron chi connectivity index (χ4n) is 3.35. The van der Waals surface area contributed by atoms with Gasteiger partial charge in [-0.2, -0.15) is 0 Å². The third-order valence-corrected chi connectivity index (χ3v) is 4.43. The van der Waals surface area contributed by atoms with E-state index in [0.29, 0.717) is 11.8 Å². The zero-order valence-corrected chi connectivity index (χ0v) is 11.4. The average molecular weight is 253 g/mol. The highest BCUT2D eigenvalue weighted by molar-refractivity contribution is 5.85. The highest BCUT2D eigenvalue weighted by atomic mass is 16.2. The van der Waals surface area contributed by atoms with Gasteiger partial charge >= 0.3 is 0 Å². The van der Waals surface area contributed by atoms with Gasteiger partial charge < -0.3 is 5.32 Å². The van der Waals surface area contributed by atoms with Crippen molar-refractivity contribution in [2.24, 2.45) is 11.8 Å². The normalized spacial score (nSPS) is 27.7. The van der Waals surface area contributed by atoms with Crippen LogP contribution in [0.3, 0.4) is 0 Å². The number of hydrogen-bond donors (Lipinski definition) is 1. The molecule has 2 aliphatic carbocycles. The molecule has 0 spiro atoms. The summed E-state index contributed by atoms with van der Waals surface area (Å²) < 4.78 is 0. The Balaban J connectivity index is 1.78. The molecule has 1 amide bonds. The molecule has 3 unspecified atom stereocenters. The van der Waals surface area contributed by atoms with Crippen molar-refractivity contribution in [3.05, 3.63) is 35.4 Å². The molecule has 3 atom stereocenters. The Bertz CT molecular complexity index is 567. The maximum absolute atomic E-state index is 12.3. The summed E-state index contributed by atoms with van der Waals surface area (Å²) in [6.45, 7) is 3.73. The molecule has 0 heterocycles. The molecule has 1 fully saturated rings. The van der Waals surface area contributed by atoms with E-state index in [1.165, 1.54) is 11.1 Å². The van der Waals surface area contributed by atoms with Gasteiger partial charge in [0, 0.05) is 5.92 Å². The fraction of sp³-hybridized carbons (Fsp3) is 0.471. The lowest BCUT2D eigenvalue weighted by molar-refractivity contribution is -0.123. The van der Waals surface area contributed by atoms with E-state index in [1.54, 1.807) is 0 Å². The van der Waals surface area contributed by atoms with Crippen molar-refractivity contribution < 1.29 is 4.79 Å². The lowest BCUT2D eigenvalue weighted by Crippen LogP contribution is -2.43. The predicted octanol–water partition coefficient (Wildman–Crippen LogP) is 2.49. The van der Waals surface area contributed by atoms with Gasteiger partial charge in [-0.1, -0.05) is 30.2 Å². The van der Waals surface area contributed by atoms with E-state index in [9.17, 15) is 4.79 Å². The molecule has 2 nitrogen and oxygen atoms in total. The monoisotopic (exact) mass is 253 g/mol. The Morgan fingerprint density at radius 1 is 1.42 bits per heavy atom. The van der Waals surface area contributed by atoms with Gasteiger partial charge in [0.05, 0.1) is 5.54 Å². The number of benzene rings is 1. The molecular weight excluding hydrogens is 234 g/mol. The number of nitrogens with one attached hydrogen (secondary N) is 1. The molecule has 1 saturated carbocycles. The third kappa shape index (κ3) is 2.04. The van der Waals surface area contributed by atoms with Gasteiger partial charge in [0.15, 0.2) is 0 Å². The van der Waals surface area contributed by atoms with Crippen molar-refractivity contribution in [1.82, 2.24) is 5.32 Å². The van der Waals surface area contributed by atoms with Crippen molar-refractivity contribution in [3.63, 3.8) is 0 Å². The molecule has 2 aliphatic rings. The van der Waals surface area contributed by atoms with E-state index in [1.807, 2.05) is 13.8 Å². The van der Waals surface area contributed by atoms with Crippen LogP contribution in [-0.2, 0) is 11.2 Å². The number of hydrogen-bond acceptors (Lipinski definition) is 1. The zero-order chi connectivity index (χ0) is 13.6. The van der Waals surface area contributed by atoms with Crippen LogP contribution in [0.25, 0.3) is 0 Å². The minimum Gasteiger partial charge on any atom is -0.340 e. The molecule has 0 saturated heterocycles. The predicted molar refractivity (Wildman–Crippen MR) is 75.5 cm³/mol. The number of terminal acetylenes is 1. The Morgan fingerprint density at radius 2 is 2.16 bits per heavy atom. The molecule has 1 aromatic rings. The molecule has 19 heavy (non-hydrogen) atoms. The Labute approximate surface area is 114 Å². The van der Waals surface area contributed by atoms with E-state index < -0.39 is 5.54 Å². The minimum atomic E-state index is -0.553. The van der Waals surface area contributed by atoms with Crippen molar-refractivity contribution >= 4 is 5.91 Å². The van der Waals surface area contributed by atoms with Crippen LogP contribution in [0, 0.1) is 24.2 Å². The first-order valence-corrected chi connectivity index (χ1v) is 6.91. The van der Waals surface area contributed by atoms with E-state index in [2.05, 4.69) is 35.5 Å². The summed E-state index contributed by atoms with van der Waals surface area (Å²) in [4.78, 5) is 12.3. The van der Waals surface area contributed by atoms with Gasteiger partial charge in [-0.25, -0.2) is 0 Å². The van der Waals surface area contributed by atoms with Crippen molar-refractivity contribution in [2.45, 2.75) is 38.1 Å². The fourth-order valence-corrected chi connectivity index (χ4v) is 3.35. The largest absolute Gasteiger partial charge is 0.340 e. The molecule has 98 valence electrons. The van der Waals surface area contributed by atoms with E-state index in [0.717, 1.165) is 12.8 Å². The van der Waals surface area contributed by atoms with Gasteiger partial charge in [-0.05, 0) is 49.7 Å². The third-order valence-electron chi connectivity index (χ3n) is 4.43. The molecule has 0 bridgehead atoms. The van der Waals surface area contributed by atoms with Gasteiger partial charge in [-0.15, -0.1) is 6.42 Å². The summed E-state index contributed by atoms with van der Waals surface area (Å²) in [6.07, 6.45) is 7.65. The molecular formula is C17H19NO. The van der Waals surface area contributed by atoms with E-state index in [-0.39, 0.29) is 11.8 Å². The molecule has 0 aromatic heterocycles. The lowest BCUT2D eigenvalue weighted by Gasteiger charge is -2.19. The Hall–Kier alpha value is -1.75. The summed E-state index contributed by atoms with van der Waals surface area (Å²) in [7, 11) is 0.